The van der Waals surface area contributed by atoms with Crippen molar-refractivity contribution in [3.8, 4) is 5.75 Å². The highest BCUT2D eigenvalue weighted by atomic mass is 35.5. The maximum Gasteiger partial charge on any atom is 0.258 e. The van der Waals surface area contributed by atoms with Crippen LogP contribution in [0.5, 0.6) is 5.75 Å². The Balaban J connectivity index is 1.34. The van der Waals surface area contributed by atoms with Crippen LogP contribution in [0.3, 0.4) is 0 Å². The third-order valence-corrected chi connectivity index (χ3v) is 5.40. The van der Waals surface area contributed by atoms with Crippen LogP contribution in [0.15, 0.2) is 48.5 Å². The van der Waals surface area contributed by atoms with Gasteiger partial charge in [0.15, 0.2) is 6.61 Å². The summed E-state index contributed by atoms with van der Waals surface area (Å²) in [5.74, 6) is 0.720. The summed E-state index contributed by atoms with van der Waals surface area (Å²) in [5, 5.41) is 3.71. The molecule has 2 aromatic rings. The predicted octanol–water partition coefficient (Wildman–Crippen LogP) is 3.77. The normalized spacial score (nSPS) is 14.5. The summed E-state index contributed by atoms with van der Waals surface area (Å²) >= 11 is 5.89. The van der Waals surface area contributed by atoms with Crippen LogP contribution in [-0.4, -0.2) is 42.5 Å². The Kier molecular flexibility index (Phi) is 7.53. The van der Waals surface area contributed by atoms with Crippen molar-refractivity contribution in [2.24, 2.45) is 0 Å². The van der Waals surface area contributed by atoms with Gasteiger partial charge < -0.3 is 15.0 Å². The van der Waals surface area contributed by atoms with Crippen molar-refractivity contribution >= 4 is 23.4 Å². The van der Waals surface area contributed by atoms with E-state index >= 15 is 0 Å². The molecule has 0 saturated carbocycles. The van der Waals surface area contributed by atoms with Gasteiger partial charge in [0.05, 0.1) is 0 Å². The first-order chi connectivity index (χ1) is 14.0. The van der Waals surface area contributed by atoms with Crippen molar-refractivity contribution in [1.82, 2.24) is 10.2 Å². The van der Waals surface area contributed by atoms with E-state index in [1.54, 1.807) is 0 Å². The van der Waals surface area contributed by atoms with E-state index in [0.29, 0.717) is 36.7 Å². The number of hydrogen-bond acceptors (Lipinski definition) is 3. The van der Waals surface area contributed by atoms with E-state index in [1.165, 1.54) is 0 Å². The Bertz CT molecular complexity index is 813. The SMILES string of the molecule is Cc1ccc(OCC(=O)NC2CCN(C(=O)CCc3ccc(Cl)cc3)CC2)cc1. The summed E-state index contributed by atoms with van der Waals surface area (Å²) < 4.78 is 5.52. The Labute approximate surface area is 177 Å². The van der Waals surface area contributed by atoms with Crippen LogP contribution >= 0.6 is 11.6 Å². The number of piperidine rings is 1. The predicted molar refractivity (Wildman–Crippen MR) is 114 cm³/mol. The third kappa shape index (κ3) is 6.79. The van der Waals surface area contributed by atoms with Gasteiger partial charge >= 0.3 is 0 Å². The molecule has 1 N–H and O–H groups in total. The summed E-state index contributed by atoms with van der Waals surface area (Å²) in [5.41, 5.74) is 2.26. The molecular weight excluding hydrogens is 388 g/mol. The fourth-order valence-corrected chi connectivity index (χ4v) is 3.51. The minimum atomic E-state index is -0.127. The van der Waals surface area contributed by atoms with E-state index in [4.69, 9.17) is 16.3 Å². The largest absolute Gasteiger partial charge is 0.484 e. The summed E-state index contributed by atoms with van der Waals surface area (Å²) in [4.78, 5) is 26.5. The van der Waals surface area contributed by atoms with Gasteiger partial charge in [-0.1, -0.05) is 41.4 Å². The lowest BCUT2D eigenvalue weighted by Crippen LogP contribution is -2.47. The Hall–Kier alpha value is -2.53. The van der Waals surface area contributed by atoms with Crippen LogP contribution in [0.4, 0.5) is 0 Å². The van der Waals surface area contributed by atoms with Gasteiger partial charge in [-0.05, 0) is 56.0 Å². The zero-order valence-electron chi connectivity index (χ0n) is 16.7. The van der Waals surface area contributed by atoms with Crippen LogP contribution in [0.1, 0.15) is 30.4 Å². The highest BCUT2D eigenvalue weighted by Gasteiger charge is 2.23. The molecule has 3 rings (SSSR count). The van der Waals surface area contributed by atoms with E-state index in [1.807, 2.05) is 60.4 Å². The number of likely N-dealkylation sites (tertiary alicyclic amines) is 1. The number of hydrogen-bond donors (Lipinski definition) is 1. The summed E-state index contributed by atoms with van der Waals surface area (Å²) in [7, 11) is 0. The van der Waals surface area contributed by atoms with Crippen LogP contribution in [-0.2, 0) is 16.0 Å². The molecule has 0 bridgehead atoms. The molecule has 0 spiro atoms. The number of nitrogens with zero attached hydrogens (tertiary/aromatic N) is 1. The van der Waals surface area contributed by atoms with Gasteiger partial charge in [-0.25, -0.2) is 0 Å². The first-order valence-electron chi connectivity index (χ1n) is 10.0. The highest BCUT2D eigenvalue weighted by Crippen LogP contribution is 2.15. The van der Waals surface area contributed by atoms with E-state index in [-0.39, 0.29) is 24.5 Å². The monoisotopic (exact) mass is 414 g/mol. The molecule has 0 aliphatic carbocycles. The van der Waals surface area contributed by atoms with Gasteiger partial charge in [0.1, 0.15) is 5.75 Å². The van der Waals surface area contributed by atoms with Crippen molar-refractivity contribution in [1.29, 1.82) is 0 Å². The maximum absolute atomic E-state index is 12.4. The van der Waals surface area contributed by atoms with E-state index < -0.39 is 0 Å². The smallest absolute Gasteiger partial charge is 0.258 e. The van der Waals surface area contributed by atoms with Crippen molar-refractivity contribution in [2.45, 2.75) is 38.6 Å². The van der Waals surface area contributed by atoms with Gasteiger partial charge in [0.2, 0.25) is 5.91 Å². The third-order valence-electron chi connectivity index (χ3n) is 5.14. The molecule has 0 aromatic heterocycles. The van der Waals surface area contributed by atoms with Crippen molar-refractivity contribution in [2.75, 3.05) is 19.7 Å². The maximum atomic E-state index is 12.4. The quantitative estimate of drug-likeness (QED) is 0.750. The first-order valence-corrected chi connectivity index (χ1v) is 10.4. The molecule has 2 aromatic carbocycles. The molecule has 0 atom stereocenters. The molecule has 6 heteroatoms. The van der Waals surface area contributed by atoms with E-state index in [9.17, 15) is 9.59 Å². The number of halogens is 1. The number of carbonyl (C=O) groups excluding carboxylic acids is 2. The van der Waals surface area contributed by atoms with Crippen molar-refractivity contribution in [3.05, 3.63) is 64.7 Å². The number of aryl methyl sites for hydroxylation is 2. The molecule has 0 radical (unpaired) electrons. The number of amides is 2. The van der Waals surface area contributed by atoms with Gasteiger partial charge in [-0.2, -0.15) is 0 Å². The molecule has 2 amide bonds. The summed E-state index contributed by atoms with van der Waals surface area (Å²) in [6.07, 6.45) is 2.73. The Morgan fingerprint density at radius 3 is 2.38 bits per heavy atom. The molecule has 1 heterocycles. The number of benzene rings is 2. The lowest BCUT2D eigenvalue weighted by atomic mass is 10.0. The summed E-state index contributed by atoms with van der Waals surface area (Å²) in [6.45, 7) is 3.35. The number of nitrogens with one attached hydrogen (secondary N) is 1. The molecule has 1 fully saturated rings. The molecule has 1 saturated heterocycles. The minimum Gasteiger partial charge on any atom is -0.484 e. The van der Waals surface area contributed by atoms with E-state index in [0.717, 1.165) is 24.0 Å². The van der Waals surface area contributed by atoms with Crippen molar-refractivity contribution in [3.63, 3.8) is 0 Å². The highest BCUT2D eigenvalue weighted by molar-refractivity contribution is 6.30. The topological polar surface area (TPSA) is 58.6 Å². The van der Waals surface area contributed by atoms with Gasteiger partial charge in [0, 0.05) is 30.6 Å². The molecular formula is C23H27ClN2O3. The fourth-order valence-electron chi connectivity index (χ4n) is 3.39. The van der Waals surface area contributed by atoms with Crippen LogP contribution in [0.25, 0.3) is 0 Å². The zero-order chi connectivity index (χ0) is 20.6. The van der Waals surface area contributed by atoms with Crippen LogP contribution in [0.2, 0.25) is 5.02 Å². The first kappa shape index (κ1) is 21.2. The van der Waals surface area contributed by atoms with Crippen LogP contribution < -0.4 is 10.1 Å². The molecule has 1 aliphatic rings. The average molecular weight is 415 g/mol. The van der Waals surface area contributed by atoms with Gasteiger partial charge in [-0.3, -0.25) is 9.59 Å². The fraction of sp³-hybridized carbons (Fsp3) is 0.391. The Morgan fingerprint density at radius 1 is 1.07 bits per heavy atom. The number of ether oxygens (including phenoxy) is 1. The summed E-state index contributed by atoms with van der Waals surface area (Å²) in [6, 6.07) is 15.3. The second-order valence-corrected chi connectivity index (χ2v) is 7.89. The zero-order valence-corrected chi connectivity index (χ0v) is 17.5. The van der Waals surface area contributed by atoms with Crippen molar-refractivity contribution < 1.29 is 14.3 Å². The lowest BCUT2D eigenvalue weighted by molar-refractivity contribution is -0.132. The minimum absolute atomic E-state index is 0.00327. The molecule has 0 unspecified atom stereocenters. The lowest BCUT2D eigenvalue weighted by Gasteiger charge is -2.32. The van der Waals surface area contributed by atoms with Crippen LogP contribution in [0, 0.1) is 6.92 Å². The molecule has 1 aliphatic heterocycles. The standard InChI is InChI=1S/C23H27ClN2O3/c1-17-2-9-21(10-3-17)29-16-22(27)25-20-12-14-26(15-13-20)23(28)11-6-18-4-7-19(24)8-5-18/h2-5,7-10,20H,6,11-16H2,1H3,(H,25,27). The molecule has 5 nitrogen and oxygen atoms in total. The second-order valence-electron chi connectivity index (χ2n) is 7.45. The Morgan fingerprint density at radius 2 is 1.72 bits per heavy atom. The van der Waals surface area contributed by atoms with Gasteiger partial charge in [0.25, 0.3) is 5.91 Å². The number of rotatable bonds is 7. The van der Waals surface area contributed by atoms with E-state index in [2.05, 4.69) is 5.32 Å². The molecule has 29 heavy (non-hydrogen) atoms. The molecule has 154 valence electrons. The van der Waals surface area contributed by atoms with Gasteiger partial charge in [-0.15, -0.1) is 0 Å². The average Bonchev–Trinajstić information content (AvgIpc) is 2.73. The number of carbonyl (C=O) groups is 2. The second kappa shape index (κ2) is 10.3.